The summed E-state index contributed by atoms with van der Waals surface area (Å²) in [6, 6.07) is 3.61. The van der Waals surface area contributed by atoms with Crippen molar-refractivity contribution in [3.63, 3.8) is 0 Å². The molecule has 92 valence electrons. The summed E-state index contributed by atoms with van der Waals surface area (Å²) in [5.41, 5.74) is 6.49. The van der Waals surface area contributed by atoms with Crippen LogP contribution >= 0.6 is 11.6 Å². The summed E-state index contributed by atoms with van der Waals surface area (Å²) in [6.45, 7) is 0. The molecule has 0 aliphatic rings. The number of halogens is 1. The summed E-state index contributed by atoms with van der Waals surface area (Å²) in [5.74, 6) is -2.12. The number of hydrogen-bond acceptors (Lipinski definition) is 3. The molecule has 0 aliphatic heterocycles. The highest BCUT2D eigenvalue weighted by atomic mass is 35.5. The van der Waals surface area contributed by atoms with Crippen LogP contribution in [0.3, 0.4) is 0 Å². The van der Waals surface area contributed by atoms with E-state index in [-0.39, 0.29) is 12.8 Å². The van der Waals surface area contributed by atoms with E-state index in [1.165, 1.54) is 0 Å². The quantitative estimate of drug-likeness (QED) is 0.728. The van der Waals surface area contributed by atoms with Gasteiger partial charge in [-0.15, -0.1) is 0 Å². The van der Waals surface area contributed by atoms with Gasteiger partial charge in [0.1, 0.15) is 6.04 Å². The molecule has 1 unspecified atom stereocenters. The maximum absolute atomic E-state index is 10.6. The minimum Gasteiger partial charge on any atom is -0.481 e. The van der Waals surface area contributed by atoms with Crippen molar-refractivity contribution in [2.24, 2.45) is 5.73 Å². The van der Waals surface area contributed by atoms with Crippen molar-refractivity contribution in [3.8, 4) is 0 Å². The lowest BCUT2D eigenvalue weighted by Gasteiger charge is -2.11. The van der Waals surface area contributed by atoms with E-state index in [2.05, 4.69) is 0 Å². The smallest absolute Gasteiger partial charge is 0.320 e. The fraction of sp³-hybridized carbons (Fsp3) is 0.273. The molecule has 1 rings (SSSR count). The fourth-order valence-electron chi connectivity index (χ4n) is 1.44. The van der Waals surface area contributed by atoms with Crippen molar-refractivity contribution in [2.75, 3.05) is 0 Å². The number of carboxylic acids is 2. The van der Waals surface area contributed by atoms with E-state index < -0.39 is 18.0 Å². The largest absolute Gasteiger partial charge is 0.481 e. The molecule has 17 heavy (non-hydrogen) atoms. The Morgan fingerprint density at radius 2 is 1.94 bits per heavy atom. The zero-order chi connectivity index (χ0) is 13.0. The summed E-state index contributed by atoms with van der Waals surface area (Å²) in [6.07, 6.45) is -0.128. The van der Waals surface area contributed by atoms with Crippen LogP contribution in [-0.4, -0.2) is 28.2 Å². The Labute approximate surface area is 103 Å². The number of aliphatic carboxylic acids is 2. The number of hydrogen-bond donors (Lipinski definition) is 3. The second-order valence-electron chi connectivity index (χ2n) is 3.63. The lowest BCUT2D eigenvalue weighted by Crippen LogP contribution is -2.32. The molecule has 0 radical (unpaired) electrons. The van der Waals surface area contributed by atoms with Crippen molar-refractivity contribution in [1.29, 1.82) is 0 Å². The third-order valence-corrected chi connectivity index (χ3v) is 2.50. The topological polar surface area (TPSA) is 101 Å². The number of benzene rings is 1. The third-order valence-electron chi connectivity index (χ3n) is 2.27. The van der Waals surface area contributed by atoms with E-state index in [1.54, 1.807) is 18.2 Å². The van der Waals surface area contributed by atoms with Gasteiger partial charge in [0.15, 0.2) is 0 Å². The van der Waals surface area contributed by atoms with E-state index in [9.17, 15) is 9.59 Å². The summed E-state index contributed by atoms with van der Waals surface area (Å²) in [7, 11) is 0. The van der Waals surface area contributed by atoms with Gasteiger partial charge in [-0.3, -0.25) is 9.59 Å². The minimum absolute atomic E-state index is 0.0541. The Hall–Kier alpha value is -1.59. The number of nitrogens with two attached hydrogens (primary N) is 1. The fourth-order valence-corrected chi connectivity index (χ4v) is 1.64. The summed E-state index contributed by atoms with van der Waals surface area (Å²) < 4.78 is 0. The lowest BCUT2D eigenvalue weighted by molar-refractivity contribution is -0.138. The molecule has 5 nitrogen and oxygen atoms in total. The summed E-state index contributed by atoms with van der Waals surface area (Å²) in [4.78, 5) is 21.3. The highest BCUT2D eigenvalue weighted by molar-refractivity contribution is 6.30. The van der Waals surface area contributed by atoms with Gasteiger partial charge in [-0.25, -0.2) is 0 Å². The normalized spacial score (nSPS) is 12.1. The highest BCUT2D eigenvalue weighted by Gasteiger charge is 2.16. The lowest BCUT2D eigenvalue weighted by atomic mass is 9.98. The van der Waals surface area contributed by atoms with Crippen molar-refractivity contribution >= 4 is 23.5 Å². The molecule has 0 bridgehead atoms. The molecular weight excluding hydrogens is 246 g/mol. The van der Waals surface area contributed by atoms with Crippen LogP contribution in [0, 0.1) is 0 Å². The minimum atomic E-state index is -1.13. The van der Waals surface area contributed by atoms with Gasteiger partial charge in [-0.05, 0) is 29.7 Å². The molecule has 0 aliphatic carbocycles. The molecule has 0 spiro atoms. The van der Waals surface area contributed by atoms with Gasteiger partial charge in [-0.2, -0.15) is 0 Å². The maximum Gasteiger partial charge on any atom is 0.320 e. The van der Waals surface area contributed by atoms with Crippen LogP contribution < -0.4 is 5.73 Å². The maximum atomic E-state index is 10.6. The average Bonchev–Trinajstić information content (AvgIpc) is 2.21. The molecule has 0 saturated carbocycles. The van der Waals surface area contributed by atoms with Gasteiger partial charge in [-0.1, -0.05) is 17.7 Å². The van der Waals surface area contributed by atoms with Crippen LogP contribution in [0.4, 0.5) is 0 Å². The van der Waals surface area contributed by atoms with Gasteiger partial charge < -0.3 is 15.9 Å². The first-order valence-corrected chi connectivity index (χ1v) is 5.25. The molecule has 1 atom stereocenters. The van der Waals surface area contributed by atoms with Crippen LogP contribution in [0.25, 0.3) is 0 Å². The van der Waals surface area contributed by atoms with Gasteiger partial charge in [0.25, 0.3) is 0 Å². The predicted molar refractivity (Wildman–Crippen MR) is 62.1 cm³/mol. The van der Waals surface area contributed by atoms with E-state index in [4.69, 9.17) is 27.5 Å². The average molecular weight is 258 g/mol. The molecule has 1 aromatic carbocycles. The van der Waals surface area contributed by atoms with Crippen LogP contribution in [-0.2, 0) is 22.4 Å². The monoisotopic (exact) mass is 257 g/mol. The Balaban J connectivity index is 2.98. The Morgan fingerprint density at radius 3 is 2.47 bits per heavy atom. The molecule has 0 heterocycles. The summed E-state index contributed by atoms with van der Waals surface area (Å²) >= 11 is 5.78. The molecule has 4 N–H and O–H groups in total. The van der Waals surface area contributed by atoms with Gasteiger partial charge in [0, 0.05) is 5.02 Å². The van der Waals surface area contributed by atoms with Crippen molar-refractivity contribution in [2.45, 2.75) is 18.9 Å². The second-order valence-corrected chi connectivity index (χ2v) is 4.07. The first-order valence-electron chi connectivity index (χ1n) is 4.87. The van der Waals surface area contributed by atoms with Gasteiger partial charge in [0.05, 0.1) is 6.42 Å². The number of carboxylic acid groups (broad SMARTS) is 2. The first-order chi connectivity index (χ1) is 7.90. The van der Waals surface area contributed by atoms with Crippen LogP contribution in [0.5, 0.6) is 0 Å². The van der Waals surface area contributed by atoms with Crippen molar-refractivity contribution in [1.82, 2.24) is 0 Å². The van der Waals surface area contributed by atoms with Crippen molar-refractivity contribution in [3.05, 3.63) is 34.3 Å². The molecule has 0 fully saturated rings. The Bertz CT molecular complexity index is 447. The number of carbonyl (C=O) groups is 2. The molecule has 0 saturated heterocycles. The van der Waals surface area contributed by atoms with Crippen LogP contribution in [0.15, 0.2) is 18.2 Å². The predicted octanol–water partition coefficient (Wildman–Crippen LogP) is 0.921. The zero-order valence-electron chi connectivity index (χ0n) is 8.89. The Kier molecular flexibility index (Phi) is 4.48. The van der Waals surface area contributed by atoms with Gasteiger partial charge >= 0.3 is 11.9 Å². The molecule has 0 aromatic heterocycles. The van der Waals surface area contributed by atoms with Crippen LogP contribution in [0.2, 0.25) is 5.02 Å². The standard InChI is InChI=1S/C11H12ClNO4/c12-8-2-1-6(5-10(14)15)7(3-8)4-9(13)11(16)17/h1-3,9H,4-5,13H2,(H,14,15)(H,16,17). The van der Waals surface area contributed by atoms with E-state index >= 15 is 0 Å². The van der Waals surface area contributed by atoms with Crippen LogP contribution in [0.1, 0.15) is 11.1 Å². The third kappa shape index (κ3) is 4.05. The Morgan fingerprint density at radius 1 is 1.29 bits per heavy atom. The highest BCUT2D eigenvalue weighted by Crippen LogP contribution is 2.18. The first kappa shape index (κ1) is 13.5. The molecule has 6 heteroatoms. The van der Waals surface area contributed by atoms with Gasteiger partial charge in [0.2, 0.25) is 0 Å². The molecular formula is C11H12ClNO4. The van der Waals surface area contributed by atoms with E-state index in [0.29, 0.717) is 16.1 Å². The second kappa shape index (κ2) is 5.65. The summed E-state index contributed by atoms with van der Waals surface area (Å²) in [5, 5.41) is 17.9. The zero-order valence-corrected chi connectivity index (χ0v) is 9.65. The molecule has 0 amide bonds. The van der Waals surface area contributed by atoms with E-state index in [0.717, 1.165) is 0 Å². The van der Waals surface area contributed by atoms with Crippen molar-refractivity contribution < 1.29 is 19.8 Å². The number of rotatable bonds is 5. The van der Waals surface area contributed by atoms with E-state index in [1.807, 2.05) is 0 Å². The molecule has 1 aromatic rings. The SMILES string of the molecule is NC(Cc1cc(Cl)ccc1CC(=O)O)C(=O)O.